The first kappa shape index (κ1) is 14.1. The molecule has 0 saturated heterocycles. The predicted molar refractivity (Wildman–Crippen MR) is 89.8 cm³/mol. The van der Waals surface area contributed by atoms with Crippen LogP contribution in [0.25, 0.3) is 17.0 Å². The highest BCUT2D eigenvalue weighted by atomic mass is 79.9. The van der Waals surface area contributed by atoms with E-state index in [2.05, 4.69) is 15.9 Å². The van der Waals surface area contributed by atoms with E-state index in [1.165, 1.54) is 6.08 Å². The predicted octanol–water partition coefficient (Wildman–Crippen LogP) is 4.82. The van der Waals surface area contributed by atoms with Crippen molar-refractivity contribution in [3.05, 3.63) is 64.3 Å². The standard InChI is InChI=1S/C18H11BrO4/c19-13-9-18-17(21-10-22-18)7-11(13)5-6-14(20)16-8-12-3-1-2-4-15(12)23-16/h1-9H,10H2/b6-5+. The van der Waals surface area contributed by atoms with E-state index in [-0.39, 0.29) is 12.6 Å². The lowest BCUT2D eigenvalue weighted by Gasteiger charge is -2.01. The van der Waals surface area contributed by atoms with Crippen LogP contribution in [0.5, 0.6) is 11.5 Å². The summed E-state index contributed by atoms with van der Waals surface area (Å²) in [5.74, 6) is 1.49. The average Bonchev–Trinajstić information content (AvgIpc) is 3.18. The van der Waals surface area contributed by atoms with Crippen molar-refractivity contribution in [1.29, 1.82) is 0 Å². The maximum absolute atomic E-state index is 12.3. The van der Waals surface area contributed by atoms with Gasteiger partial charge in [-0.3, -0.25) is 4.79 Å². The molecular weight excluding hydrogens is 360 g/mol. The van der Waals surface area contributed by atoms with Crippen LogP contribution in [-0.4, -0.2) is 12.6 Å². The number of hydrogen-bond acceptors (Lipinski definition) is 4. The monoisotopic (exact) mass is 370 g/mol. The molecular formula is C18H11BrO4. The minimum absolute atomic E-state index is 0.189. The summed E-state index contributed by atoms with van der Waals surface area (Å²) in [7, 11) is 0. The summed E-state index contributed by atoms with van der Waals surface area (Å²) in [5.41, 5.74) is 1.53. The number of benzene rings is 2. The van der Waals surface area contributed by atoms with Gasteiger partial charge in [0.25, 0.3) is 0 Å². The number of halogens is 1. The summed E-state index contributed by atoms with van der Waals surface area (Å²) in [6.07, 6.45) is 3.21. The normalized spacial score (nSPS) is 13.1. The van der Waals surface area contributed by atoms with Gasteiger partial charge in [-0.25, -0.2) is 0 Å². The van der Waals surface area contributed by atoms with Gasteiger partial charge in [0.1, 0.15) is 5.58 Å². The molecule has 0 spiro atoms. The number of furan rings is 1. The molecule has 0 unspecified atom stereocenters. The molecule has 2 heterocycles. The fourth-order valence-electron chi connectivity index (χ4n) is 2.41. The molecule has 1 aliphatic rings. The van der Waals surface area contributed by atoms with E-state index in [9.17, 15) is 4.79 Å². The molecule has 4 rings (SSSR count). The molecule has 0 atom stereocenters. The second kappa shape index (κ2) is 5.59. The van der Waals surface area contributed by atoms with Crippen molar-refractivity contribution in [3.63, 3.8) is 0 Å². The van der Waals surface area contributed by atoms with Crippen molar-refractivity contribution < 1.29 is 18.7 Å². The summed E-state index contributed by atoms with van der Waals surface area (Å²) < 4.78 is 17.0. The van der Waals surface area contributed by atoms with E-state index in [0.717, 1.165) is 15.4 Å². The van der Waals surface area contributed by atoms with Gasteiger partial charge in [-0.2, -0.15) is 0 Å². The quantitative estimate of drug-likeness (QED) is 0.489. The van der Waals surface area contributed by atoms with Gasteiger partial charge in [0.2, 0.25) is 12.6 Å². The molecule has 0 aliphatic carbocycles. The number of fused-ring (bicyclic) bond motifs is 2. The fraction of sp³-hybridized carbons (Fsp3) is 0.0556. The van der Waals surface area contributed by atoms with E-state index >= 15 is 0 Å². The number of carbonyl (C=O) groups is 1. The minimum atomic E-state index is -0.189. The molecule has 0 amide bonds. The topological polar surface area (TPSA) is 48.7 Å². The Balaban J connectivity index is 1.62. The first-order chi connectivity index (χ1) is 11.2. The van der Waals surface area contributed by atoms with Crippen molar-refractivity contribution in [2.75, 3.05) is 6.79 Å². The molecule has 0 fully saturated rings. The molecule has 1 aromatic heterocycles. The lowest BCUT2D eigenvalue weighted by molar-refractivity contribution is 0.102. The zero-order chi connectivity index (χ0) is 15.8. The van der Waals surface area contributed by atoms with Crippen LogP contribution in [0.2, 0.25) is 0 Å². The van der Waals surface area contributed by atoms with Crippen molar-refractivity contribution >= 4 is 38.8 Å². The van der Waals surface area contributed by atoms with E-state index in [0.29, 0.717) is 22.8 Å². The highest BCUT2D eigenvalue weighted by molar-refractivity contribution is 9.10. The second-order valence-corrected chi connectivity index (χ2v) is 5.93. The third-order valence-corrected chi connectivity index (χ3v) is 4.26. The third-order valence-electron chi connectivity index (χ3n) is 3.57. The molecule has 0 saturated carbocycles. The maximum Gasteiger partial charge on any atom is 0.231 e. The van der Waals surface area contributed by atoms with Crippen LogP contribution in [-0.2, 0) is 0 Å². The summed E-state index contributed by atoms with van der Waals surface area (Å²) in [6.45, 7) is 0.215. The van der Waals surface area contributed by atoms with Gasteiger partial charge in [0.05, 0.1) is 0 Å². The molecule has 5 heteroatoms. The van der Waals surface area contributed by atoms with Crippen molar-refractivity contribution in [2.45, 2.75) is 0 Å². The van der Waals surface area contributed by atoms with Crippen molar-refractivity contribution in [2.24, 2.45) is 0 Å². The number of ether oxygens (including phenoxy) is 2. The molecule has 23 heavy (non-hydrogen) atoms. The Morgan fingerprint density at radius 2 is 1.87 bits per heavy atom. The Morgan fingerprint density at radius 3 is 2.70 bits per heavy atom. The van der Waals surface area contributed by atoms with Crippen LogP contribution in [0.4, 0.5) is 0 Å². The van der Waals surface area contributed by atoms with Gasteiger partial charge < -0.3 is 13.9 Å². The first-order valence-corrected chi connectivity index (χ1v) is 7.80. The lowest BCUT2D eigenvalue weighted by atomic mass is 10.1. The van der Waals surface area contributed by atoms with E-state index in [1.807, 2.05) is 36.4 Å². The molecule has 0 N–H and O–H groups in total. The van der Waals surface area contributed by atoms with Gasteiger partial charge in [0, 0.05) is 9.86 Å². The summed E-state index contributed by atoms with van der Waals surface area (Å²) in [5, 5.41) is 0.911. The van der Waals surface area contributed by atoms with E-state index in [1.54, 1.807) is 12.1 Å². The lowest BCUT2D eigenvalue weighted by Crippen LogP contribution is -1.92. The Labute approximate surface area is 140 Å². The third kappa shape index (κ3) is 2.64. The van der Waals surface area contributed by atoms with Gasteiger partial charge in [-0.05, 0) is 42.0 Å². The zero-order valence-electron chi connectivity index (χ0n) is 11.9. The Kier molecular flexibility index (Phi) is 3.42. The van der Waals surface area contributed by atoms with Crippen LogP contribution in [0.1, 0.15) is 16.1 Å². The molecule has 0 bridgehead atoms. The van der Waals surface area contributed by atoms with Gasteiger partial charge in [0.15, 0.2) is 17.3 Å². The number of hydrogen-bond donors (Lipinski definition) is 0. The number of para-hydroxylation sites is 1. The molecule has 1 aliphatic heterocycles. The maximum atomic E-state index is 12.3. The molecule has 3 aromatic rings. The number of ketones is 1. The van der Waals surface area contributed by atoms with E-state index < -0.39 is 0 Å². The van der Waals surface area contributed by atoms with Crippen LogP contribution >= 0.6 is 15.9 Å². The summed E-state index contributed by atoms with van der Waals surface area (Å²) in [6, 6.07) is 12.9. The second-order valence-electron chi connectivity index (χ2n) is 5.07. The van der Waals surface area contributed by atoms with Crippen molar-refractivity contribution in [3.8, 4) is 11.5 Å². The number of allylic oxidation sites excluding steroid dienone is 1. The van der Waals surface area contributed by atoms with Gasteiger partial charge in [-0.15, -0.1) is 0 Å². The van der Waals surface area contributed by atoms with Crippen LogP contribution in [0.3, 0.4) is 0 Å². The van der Waals surface area contributed by atoms with Crippen LogP contribution in [0.15, 0.2) is 57.4 Å². The minimum Gasteiger partial charge on any atom is -0.454 e. The molecule has 4 nitrogen and oxygen atoms in total. The Bertz CT molecular complexity index is 906. The number of carbonyl (C=O) groups excluding carboxylic acids is 1. The average molecular weight is 371 g/mol. The van der Waals surface area contributed by atoms with Gasteiger partial charge in [-0.1, -0.05) is 34.1 Å². The molecule has 2 aromatic carbocycles. The van der Waals surface area contributed by atoms with E-state index in [4.69, 9.17) is 13.9 Å². The number of rotatable bonds is 3. The summed E-state index contributed by atoms with van der Waals surface area (Å²) in [4.78, 5) is 12.3. The zero-order valence-corrected chi connectivity index (χ0v) is 13.5. The largest absolute Gasteiger partial charge is 0.454 e. The van der Waals surface area contributed by atoms with Gasteiger partial charge >= 0.3 is 0 Å². The first-order valence-electron chi connectivity index (χ1n) is 7.01. The molecule has 0 radical (unpaired) electrons. The smallest absolute Gasteiger partial charge is 0.231 e. The highest BCUT2D eigenvalue weighted by Crippen LogP contribution is 2.37. The van der Waals surface area contributed by atoms with Crippen LogP contribution < -0.4 is 9.47 Å². The molecule has 114 valence electrons. The highest BCUT2D eigenvalue weighted by Gasteiger charge is 2.15. The SMILES string of the molecule is O=C(/C=C/c1cc2c(cc1Br)OCO2)c1cc2ccccc2o1. The Hall–Kier alpha value is -2.53. The Morgan fingerprint density at radius 1 is 1.09 bits per heavy atom. The fourth-order valence-corrected chi connectivity index (χ4v) is 2.87. The van der Waals surface area contributed by atoms with Crippen molar-refractivity contribution in [1.82, 2.24) is 0 Å². The summed E-state index contributed by atoms with van der Waals surface area (Å²) >= 11 is 3.46. The van der Waals surface area contributed by atoms with Crippen LogP contribution in [0, 0.1) is 0 Å².